The lowest BCUT2D eigenvalue weighted by Crippen LogP contribution is -2.37. The summed E-state index contributed by atoms with van der Waals surface area (Å²) in [6, 6.07) is 12.8. The maximum absolute atomic E-state index is 12.6. The van der Waals surface area contributed by atoms with E-state index in [4.69, 9.17) is 4.74 Å². The van der Waals surface area contributed by atoms with Crippen molar-refractivity contribution < 1.29 is 13.2 Å². The van der Waals surface area contributed by atoms with E-state index in [1.807, 2.05) is 37.3 Å². The van der Waals surface area contributed by atoms with E-state index in [9.17, 15) is 8.42 Å². The molecule has 2 aromatic rings. The van der Waals surface area contributed by atoms with Crippen molar-refractivity contribution in [3.63, 3.8) is 0 Å². The van der Waals surface area contributed by atoms with Gasteiger partial charge in [0.1, 0.15) is 18.2 Å². The van der Waals surface area contributed by atoms with Crippen LogP contribution in [0.2, 0.25) is 0 Å². The number of benzene rings is 1. The number of anilines is 1. The number of ether oxygens (including phenoxy) is 1. The second-order valence-corrected chi connectivity index (χ2v) is 6.94. The molecule has 0 spiro atoms. The van der Waals surface area contributed by atoms with Gasteiger partial charge < -0.3 is 4.74 Å². The fraction of sp³-hybridized carbons (Fsp3) is 0.312. The summed E-state index contributed by atoms with van der Waals surface area (Å²) >= 11 is 0. The summed E-state index contributed by atoms with van der Waals surface area (Å²) in [5.74, 6) is 1.07. The summed E-state index contributed by atoms with van der Waals surface area (Å²) in [5.41, 5.74) is 1.69. The van der Waals surface area contributed by atoms with E-state index in [1.54, 1.807) is 12.1 Å². The van der Waals surface area contributed by atoms with Crippen molar-refractivity contribution in [2.75, 3.05) is 17.9 Å². The molecule has 6 nitrogen and oxygen atoms in total. The lowest BCUT2D eigenvalue weighted by atomic mass is 10.2. The van der Waals surface area contributed by atoms with Crippen LogP contribution in [0.3, 0.4) is 0 Å². The van der Waals surface area contributed by atoms with E-state index in [-0.39, 0.29) is 13.1 Å². The van der Waals surface area contributed by atoms with E-state index in [0.29, 0.717) is 12.4 Å². The third-order valence-electron chi connectivity index (χ3n) is 3.66. The number of aryl methyl sites for hydroxylation is 1. The van der Waals surface area contributed by atoms with Gasteiger partial charge in [-0.3, -0.25) is 4.72 Å². The molecule has 1 aliphatic rings. The van der Waals surface area contributed by atoms with Gasteiger partial charge >= 0.3 is 10.2 Å². The van der Waals surface area contributed by atoms with Crippen molar-refractivity contribution in [3.05, 3.63) is 53.7 Å². The van der Waals surface area contributed by atoms with Crippen molar-refractivity contribution in [2.45, 2.75) is 19.9 Å². The molecule has 0 aliphatic carbocycles. The first-order valence-corrected chi connectivity index (χ1v) is 8.97. The Hall–Kier alpha value is -2.12. The first-order valence-electron chi connectivity index (χ1n) is 7.53. The number of para-hydroxylation sites is 1. The maximum Gasteiger partial charge on any atom is 0.303 e. The van der Waals surface area contributed by atoms with Crippen LogP contribution in [0.4, 0.5) is 5.82 Å². The van der Waals surface area contributed by atoms with Crippen molar-refractivity contribution in [1.29, 1.82) is 0 Å². The Morgan fingerprint density at radius 1 is 1.22 bits per heavy atom. The van der Waals surface area contributed by atoms with Crippen LogP contribution < -0.4 is 9.46 Å². The highest BCUT2D eigenvalue weighted by atomic mass is 32.2. The van der Waals surface area contributed by atoms with Crippen LogP contribution in [-0.4, -0.2) is 30.9 Å². The van der Waals surface area contributed by atoms with Gasteiger partial charge in [-0.2, -0.15) is 12.7 Å². The molecule has 3 rings (SSSR count). The Morgan fingerprint density at radius 3 is 2.87 bits per heavy atom. The zero-order valence-electron chi connectivity index (χ0n) is 12.9. The summed E-state index contributed by atoms with van der Waals surface area (Å²) in [7, 11) is -3.69. The van der Waals surface area contributed by atoms with E-state index in [0.717, 1.165) is 23.4 Å². The molecule has 0 radical (unpaired) electrons. The maximum atomic E-state index is 12.6. The summed E-state index contributed by atoms with van der Waals surface area (Å²) < 4.78 is 34.8. The molecule has 0 bridgehead atoms. The molecule has 0 atom stereocenters. The van der Waals surface area contributed by atoms with Crippen molar-refractivity contribution in [3.8, 4) is 5.75 Å². The fourth-order valence-corrected chi connectivity index (χ4v) is 3.57. The van der Waals surface area contributed by atoms with Gasteiger partial charge in [-0.1, -0.05) is 31.2 Å². The van der Waals surface area contributed by atoms with Crippen molar-refractivity contribution in [2.24, 2.45) is 0 Å². The zero-order valence-corrected chi connectivity index (χ0v) is 13.7. The quantitative estimate of drug-likeness (QED) is 0.931. The number of nitrogens with zero attached hydrogens (tertiary/aromatic N) is 2. The molecule has 2 heterocycles. The number of rotatable bonds is 4. The number of hydrogen-bond donors (Lipinski definition) is 1. The molecule has 122 valence electrons. The first-order chi connectivity index (χ1) is 11.1. The topological polar surface area (TPSA) is 71.5 Å². The molecular formula is C16H19N3O3S. The minimum Gasteiger partial charge on any atom is -0.492 e. The number of hydrogen-bond acceptors (Lipinski definition) is 4. The van der Waals surface area contributed by atoms with E-state index >= 15 is 0 Å². The molecule has 0 saturated carbocycles. The summed E-state index contributed by atoms with van der Waals surface area (Å²) in [4.78, 5) is 4.29. The largest absolute Gasteiger partial charge is 0.492 e. The summed E-state index contributed by atoms with van der Waals surface area (Å²) in [5, 5.41) is 0. The predicted octanol–water partition coefficient (Wildman–Crippen LogP) is 2.20. The molecule has 0 amide bonds. The standard InChI is InChI=1S/C16H19N3O3S/c1-2-14-7-5-9-16(17-14)18-23(20,21)19-10-11-22-15-8-4-3-6-13(15)12-19/h3-9H,2,10-12H2,1H3,(H,17,18). The Morgan fingerprint density at radius 2 is 2.04 bits per heavy atom. The third-order valence-corrected chi connectivity index (χ3v) is 5.12. The lowest BCUT2D eigenvalue weighted by molar-refractivity contribution is 0.293. The van der Waals surface area contributed by atoms with Gasteiger partial charge in [-0.25, -0.2) is 4.98 Å². The molecular weight excluding hydrogens is 314 g/mol. The third kappa shape index (κ3) is 3.62. The number of pyridine rings is 1. The fourth-order valence-electron chi connectivity index (χ4n) is 2.44. The number of fused-ring (bicyclic) bond motifs is 1. The van der Waals surface area contributed by atoms with E-state index in [2.05, 4.69) is 9.71 Å². The van der Waals surface area contributed by atoms with Crippen LogP contribution in [-0.2, 0) is 23.2 Å². The molecule has 0 unspecified atom stereocenters. The first kappa shape index (κ1) is 15.8. The lowest BCUT2D eigenvalue weighted by Gasteiger charge is -2.20. The van der Waals surface area contributed by atoms with Crippen molar-refractivity contribution in [1.82, 2.24) is 9.29 Å². The molecule has 1 N–H and O–H groups in total. The van der Waals surface area contributed by atoms with Gasteiger partial charge in [-0.05, 0) is 24.6 Å². The minimum absolute atomic E-state index is 0.277. The minimum atomic E-state index is -3.69. The van der Waals surface area contributed by atoms with Crippen molar-refractivity contribution >= 4 is 16.0 Å². The van der Waals surface area contributed by atoms with Crippen LogP contribution in [0.5, 0.6) is 5.75 Å². The molecule has 1 aromatic heterocycles. The van der Waals surface area contributed by atoms with Gasteiger partial charge in [0.05, 0.1) is 0 Å². The number of aromatic nitrogens is 1. The van der Waals surface area contributed by atoms with E-state index < -0.39 is 10.2 Å². The number of nitrogens with one attached hydrogen (secondary N) is 1. The average molecular weight is 333 g/mol. The molecule has 7 heteroatoms. The van der Waals surface area contributed by atoms with Crippen LogP contribution in [0.1, 0.15) is 18.2 Å². The second-order valence-electron chi connectivity index (χ2n) is 5.26. The normalized spacial score (nSPS) is 15.3. The SMILES string of the molecule is CCc1cccc(NS(=O)(=O)N2CCOc3ccccc3C2)n1. The predicted molar refractivity (Wildman–Crippen MR) is 88.5 cm³/mol. The van der Waals surface area contributed by atoms with Crippen LogP contribution in [0.15, 0.2) is 42.5 Å². The Labute approximate surface area is 136 Å². The van der Waals surface area contributed by atoms with Gasteiger partial charge in [0.15, 0.2) is 0 Å². The monoisotopic (exact) mass is 333 g/mol. The van der Waals surface area contributed by atoms with Crippen LogP contribution in [0.25, 0.3) is 0 Å². The smallest absolute Gasteiger partial charge is 0.303 e. The highest BCUT2D eigenvalue weighted by molar-refractivity contribution is 7.90. The van der Waals surface area contributed by atoms with Gasteiger partial charge in [-0.15, -0.1) is 0 Å². The molecule has 1 aliphatic heterocycles. The Bertz CT molecular complexity index is 793. The average Bonchev–Trinajstić information content (AvgIpc) is 2.77. The Balaban J connectivity index is 1.82. The molecule has 1 aromatic carbocycles. The van der Waals surface area contributed by atoms with Gasteiger partial charge in [0.2, 0.25) is 0 Å². The van der Waals surface area contributed by atoms with Crippen LogP contribution >= 0.6 is 0 Å². The van der Waals surface area contributed by atoms with Crippen LogP contribution in [0, 0.1) is 0 Å². The highest BCUT2D eigenvalue weighted by Crippen LogP contribution is 2.24. The van der Waals surface area contributed by atoms with Gasteiger partial charge in [0.25, 0.3) is 0 Å². The Kier molecular flexibility index (Phi) is 4.49. The highest BCUT2D eigenvalue weighted by Gasteiger charge is 2.26. The molecule has 0 saturated heterocycles. The van der Waals surface area contributed by atoms with E-state index in [1.165, 1.54) is 4.31 Å². The summed E-state index contributed by atoms with van der Waals surface area (Å²) in [6.07, 6.45) is 0.750. The van der Waals surface area contributed by atoms with Gasteiger partial charge in [0, 0.05) is 24.3 Å². The summed E-state index contributed by atoms with van der Waals surface area (Å²) in [6.45, 7) is 2.86. The molecule has 0 fully saturated rings. The molecule has 23 heavy (non-hydrogen) atoms. The second kappa shape index (κ2) is 6.55. The zero-order chi connectivity index (χ0) is 16.3.